The smallest absolute Gasteiger partial charge is 0.335 e. The number of carboxylic acids is 1. The number of fused-ring (bicyclic) bond motifs is 1. The predicted octanol–water partition coefficient (Wildman–Crippen LogP) is 5.43. The molecule has 0 spiro atoms. The average Bonchev–Trinajstić information content (AvgIpc) is 3.48. The highest BCUT2D eigenvalue weighted by atomic mass is 19.1. The van der Waals surface area contributed by atoms with Crippen molar-refractivity contribution >= 4 is 22.8 Å². The number of carbonyl (C=O) groups is 1. The van der Waals surface area contributed by atoms with Crippen molar-refractivity contribution in [2.45, 2.75) is 71.0 Å². The summed E-state index contributed by atoms with van der Waals surface area (Å²) in [7, 11) is 2.09. The molecule has 0 amide bonds. The lowest BCUT2D eigenvalue weighted by atomic mass is 10.1. The van der Waals surface area contributed by atoms with E-state index in [1.165, 1.54) is 6.07 Å². The molecule has 4 aromatic rings. The normalized spacial score (nSPS) is 20.1. The summed E-state index contributed by atoms with van der Waals surface area (Å²) in [5.74, 6) is 0.986. The molecule has 43 heavy (non-hydrogen) atoms. The number of imidazole rings is 1. The molecule has 226 valence electrons. The number of hydrogen-bond donors (Lipinski definition) is 1. The molecule has 1 N–H and O–H groups in total. The molecule has 10 heteroatoms. The Labute approximate surface area is 250 Å². The van der Waals surface area contributed by atoms with E-state index >= 15 is 0 Å². The third-order valence-electron chi connectivity index (χ3n) is 8.53. The number of pyridine rings is 1. The molecule has 2 aromatic carbocycles. The SMILES string of the molecule is Cc1ccc(COc2cccc(N3C(C)CCC3CN(C)Cc3nc4ccc(C(=O)O)cc4n3CC3CCO3)n2)c(F)c1. The van der Waals surface area contributed by atoms with Crippen molar-refractivity contribution < 1.29 is 23.8 Å². The highest BCUT2D eigenvalue weighted by Crippen LogP contribution is 2.31. The van der Waals surface area contributed by atoms with Gasteiger partial charge in [-0.1, -0.05) is 18.2 Å². The van der Waals surface area contributed by atoms with Gasteiger partial charge in [-0.15, -0.1) is 0 Å². The van der Waals surface area contributed by atoms with E-state index in [-0.39, 0.29) is 30.1 Å². The molecule has 9 nitrogen and oxygen atoms in total. The lowest BCUT2D eigenvalue weighted by Crippen LogP contribution is -2.42. The molecule has 2 aliphatic heterocycles. The first-order valence-corrected chi connectivity index (χ1v) is 14.9. The van der Waals surface area contributed by atoms with Crippen LogP contribution in [0.15, 0.2) is 54.6 Å². The van der Waals surface area contributed by atoms with Crippen molar-refractivity contribution in [3.05, 3.63) is 82.9 Å². The minimum atomic E-state index is -0.950. The van der Waals surface area contributed by atoms with Crippen molar-refractivity contribution in [1.29, 1.82) is 0 Å². The number of carboxylic acid groups (broad SMARTS) is 1. The largest absolute Gasteiger partial charge is 0.478 e. The van der Waals surface area contributed by atoms with Gasteiger partial charge in [0.15, 0.2) is 0 Å². The van der Waals surface area contributed by atoms with Crippen LogP contribution in [0.4, 0.5) is 10.2 Å². The van der Waals surface area contributed by atoms with Gasteiger partial charge in [-0.3, -0.25) is 4.90 Å². The van der Waals surface area contributed by atoms with Gasteiger partial charge >= 0.3 is 5.97 Å². The molecule has 0 aliphatic carbocycles. The molecule has 6 rings (SSSR count). The number of hydrogen-bond acceptors (Lipinski definition) is 7. The molecule has 2 aliphatic rings. The van der Waals surface area contributed by atoms with Gasteiger partial charge in [0.1, 0.15) is 24.1 Å². The number of anilines is 1. The molecular weight excluding hydrogens is 549 g/mol. The van der Waals surface area contributed by atoms with E-state index in [2.05, 4.69) is 28.3 Å². The van der Waals surface area contributed by atoms with E-state index in [0.29, 0.717) is 30.6 Å². The fourth-order valence-corrected chi connectivity index (χ4v) is 6.14. The van der Waals surface area contributed by atoms with Crippen molar-refractivity contribution in [3.63, 3.8) is 0 Å². The van der Waals surface area contributed by atoms with Crippen molar-refractivity contribution in [3.8, 4) is 5.88 Å². The van der Waals surface area contributed by atoms with Gasteiger partial charge in [-0.25, -0.2) is 14.2 Å². The first-order chi connectivity index (χ1) is 20.7. The zero-order valence-corrected chi connectivity index (χ0v) is 24.9. The van der Waals surface area contributed by atoms with Gasteiger partial charge in [0.05, 0.1) is 35.8 Å². The second-order valence-corrected chi connectivity index (χ2v) is 11.8. The summed E-state index contributed by atoms with van der Waals surface area (Å²) in [6.07, 6.45) is 3.18. The van der Waals surface area contributed by atoms with Gasteiger partial charge < -0.3 is 24.0 Å². The number of aromatic carboxylic acids is 1. The minimum absolute atomic E-state index is 0.115. The average molecular weight is 588 g/mol. The number of nitrogens with zero attached hydrogens (tertiary/aromatic N) is 5. The molecule has 2 aromatic heterocycles. The lowest BCUT2D eigenvalue weighted by Gasteiger charge is -2.33. The Morgan fingerprint density at radius 2 is 1.98 bits per heavy atom. The number of rotatable bonds is 11. The zero-order chi connectivity index (χ0) is 30.1. The fraction of sp³-hybridized carbons (Fsp3) is 0.424. The van der Waals surface area contributed by atoms with Gasteiger partial charge in [-0.05, 0) is 76.1 Å². The van der Waals surface area contributed by atoms with Crippen molar-refractivity contribution in [2.24, 2.45) is 0 Å². The van der Waals surface area contributed by atoms with Crippen LogP contribution in [-0.4, -0.2) is 68.9 Å². The molecule has 0 bridgehead atoms. The van der Waals surface area contributed by atoms with E-state index in [1.807, 2.05) is 31.2 Å². The Balaban J connectivity index is 1.17. The Morgan fingerprint density at radius 1 is 1.14 bits per heavy atom. The van der Waals surface area contributed by atoms with Crippen LogP contribution in [0.25, 0.3) is 11.0 Å². The Kier molecular flexibility index (Phi) is 8.32. The molecule has 2 fully saturated rings. The maximum absolute atomic E-state index is 14.3. The molecule has 3 unspecified atom stereocenters. The predicted molar refractivity (Wildman–Crippen MR) is 162 cm³/mol. The monoisotopic (exact) mass is 587 g/mol. The second kappa shape index (κ2) is 12.3. The van der Waals surface area contributed by atoms with E-state index in [1.54, 1.807) is 24.3 Å². The quantitative estimate of drug-likeness (QED) is 0.248. The number of ether oxygens (including phenoxy) is 2. The third-order valence-corrected chi connectivity index (χ3v) is 8.53. The minimum Gasteiger partial charge on any atom is -0.478 e. The van der Waals surface area contributed by atoms with Crippen molar-refractivity contribution in [2.75, 3.05) is 25.1 Å². The van der Waals surface area contributed by atoms with Gasteiger partial charge in [-0.2, -0.15) is 4.98 Å². The summed E-state index contributed by atoms with van der Waals surface area (Å²) in [6, 6.07) is 16.5. The molecule has 2 saturated heterocycles. The van der Waals surface area contributed by atoms with Gasteiger partial charge in [0.2, 0.25) is 5.88 Å². The topological polar surface area (TPSA) is 93.0 Å². The second-order valence-electron chi connectivity index (χ2n) is 11.8. The molecule has 3 atom stereocenters. The van der Waals surface area contributed by atoms with Crippen molar-refractivity contribution in [1.82, 2.24) is 19.4 Å². The number of benzene rings is 2. The highest BCUT2D eigenvalue weighted by Gasteiger charge is 2.33. The Bertz CT molecular complexity index is 1620. The summed E-state index contributed by atoms with van der Waals surface area (Å²) in [6.45, 7) is 7.02. The van der Waals surface area contributed by atoms with Crippen LogP contribution in [0.5, 0.6) is 5.88 Å². The number of aromatic nitrogens is 3. The van der Waals surface area contributed by atoms with E-state index in [0.717, 1.165) is 60.7 Å². The van der Waals surface area contributed by atoms with Crippen LogP contribution in [0.2, 0.25) is 0 Å². The highest BCUT2D eigenvalue weighted by molar-refractivity contribution is 5.92. The molecule has 4 heterocycles. The Morgan fingerprint density at radius 3 is 2.72 bits per heavy atom. The van der Waals surface area contributed by atoms with Crippen LogP contribution in [0, 0.1) is 12.7 Å². The Hall–Kier alpha value is -4.02. The molecular formula is C33H38FN5O4. The van der Waals surface area contributed by atoms with Crippen LogP contribution < -0.4 is 9.64 Å². The van der Waals surface area contributed by atoms with Gasteiger partial charge in [0.25, 0.3) is 0 Å². The number of aryl methyl sites for hydroxylation is 1. The first kappa shape index (κ1) is 29.1. The van der Waals surface area contributed by atoms with E-state index in [4.69, 9.17) is 19.4 Å². The number of likely N-dealkylation sites (N-methyl/N-ethyl adjacent to an activating group) is 1. The molecule has 0 radical (unpaired) electrons. The van der Waals surface area contributed by atoms with E-state index in [9.17, 15) is 14.3 Å². The van der Waals surface area contributed by atoms with Gasteiger partial charge in [0, 0.05) is 36.9 Å². The number of halogens is 1. The molecule has 0 saturated carbocycles. The maximum Gasteiger partial charge on any atom is 0.335 e. The lowest BCUT2D eigenvalue weighted by molar-refractivity contribution is -0.0591. The summed E-state index contributed by atoms with van der Waals surface area (Å²) >= 11 is 0. The first-order valence-electron chi connectivity index (χ1n) is 14.9. The van der Waals surface area contributed by atoms with Crippen LogP contribution >= 0.6 is 0 Å². The van der Waals surface area contributed by atoms with Crippen LogP contribution in [0.1, 0.15) is 53.5 Å². The van der Waals surface area contributed by atoms with Crippen LogP contribution in [0.3, 0.4) is 0 Å². The maximum atomic E-state index is 14.3. The van der Waals surface area contributed by atoms with E-state index < -0.39 is 5.97 Å². The third kappa shape index (κ3) is 6.35. The zero-order valence-electron chi connectivity index (χ0n) is 24.9. The summed E-state index contributed by atoms with van der Waals surface area (Å²) in [4.78, 5) is 26.0. The van der Waals surface area contributed by atoms with Crippen LogP contribution in [-0.2, 0) is 24.4 Å². The summed E-state index contributed by atoms with van der Waals surface area (Å²) in [5.41, 5.74) is 3.23. The summed E-state index contributed by atoms with van der Waals surface area (Å²) in [5, 5.41) is 9.55. The summed E-state index contributed by atoms with van der Waals surface area (Å²) < 4.78 is 28.1. The fourth-order valence-electron chi connectivity index (χ4n) is 6.14. The standard InChI is InChI=1S/C33H38FN5O4/c1-21-7-9-24(27(34)15-21)20-43-32-6-4-5-30(36-32)39-22(2)8-11-25(39)17-37(3)19-31-35-28-12-10-23(33(40)41)16-29(28)38(31)18-26-13-14-42-26/h4-7,9-10,12,15-16,22,25-26H,8,11,13-14,17-20H2,1-3H3,(H,40,41).